The first kappa shape index (κ1) is 14.0. The van der Waals surface area contributed by atoms with E-state index in [1.54, 1.807) is 32.0 Å². The summed E-state index contributed by atoms with van der Waals surface area (Å²) < 4.78 is 20.2. The molecule has 0 aliphatic rings. The van der Waals surface area contributed by atoms with Crippen molar-refractivity contribution < 1.29 is 14.2 Å². The lowest BCUT2D eigenvalue weighted by Gasteiger charge is -2.14. The minimum absolute atomic E-state index is 0.348. The summed E-state index contributed by atoms with van der Waals surface area (Å²) in [5, 5.41) is 9.69. The quantitative estimate of drug-likeness (QED) is 0.883. The largest absolute Gasteiger partial charge is 0.457 e. The molecule has 1 N–H and O–H groups in total. The molecule has 2 aromatic rings. The van der Waals surface area contributed by atoms with Crippen LogP contribution in [0.2, 0.25) is 0 Å². The van der Waals surface area contributed by atoms with Gasteiger partial charge >= 0.3 is 0 Å². The Morgan fingerprint density at radius 3 is 2.42 bits per heavy atom. The Morgan fingerprint density at radius 1 is 1.21 bits per heavy atom. The van der Waals surface area contributed by atoms with Gasteiger partial charge in [-0.15, -0.1) is 0 Å². The molecule has 0 heterocycles. The van der Waals surface area contributed by atoms with Crippen LogP contribution in [0, 0.1) is 12.7 Å². The summed E-state index contributed by atoms with van der Waals surface area (Å²) in [5.41, 5.74) is 0.919. The highest BCUT2D eigenvalue weighted by molar-refractivity contribution is 9.10. The van der Waals surface area contributed by atoms with Gasteiger partial charge in [0.25, 0.3) is 0 Å². The van der Waals surface area contributed by atoms with Gasteiger partial charge in [0.2, 0.25) is 0 Å². The SMILES string of the molecule is Cc1cc(Oc2ccc(Br)cc2)c([C@H](C)O)cc1F. The third-order valence-corrected chi connectivity index (χ3v) is 3.31. The third kappa shape index (κ3) is 3.33. The number of ether oxygens (including phenoxy) is 1. The lowest BCUT2D eigenvalue weighted by atomic mass is 10.1. The fourth-order valence-corrected chi connectivity index (χ4v) is 1.98. The zero-order valence-electron chi connectivity index (χ0n) is 10.7. The first-order valence-electron chi connectivity index (χ1n) is 5.89. The molecule has 0 fully saturated rings. The summed E-state index contributed by atoms with van der Waals surface area (Å²) in [7, 11) is 0. The van der Waals surface area contributed by atoms with Crippen molar-refractivity contribution >= 4 is 15.9 Å². The number of halogens is 2. The van der Waals surface area contributed by atoms with E-state index in [2.05, 4.69) is 15.9 Å². The van der Waals surface area contributed by atoms with E-state index in [9.17, 15) is 9.50 Å². The molecule has 19 heavy (non-hydrogen) atoms. The monoisotopic (exact) mass is 324 g/mol. The van der Waals surface area contributed by atoms with Gasteiger partial charge in [-0.3, -0.25) is 0 Å². The summed E-state index contributed by atoms with van der Waals surface area (Å²) in [4.78, 5) is 0. The van der Waals surface area contributed by atoms with Gasteiger partial charge in [0.05, 0.1) is 6.10 Å². The Hall–Kier alpha value is -1.39. The van der Waals surface area contributed by atoms with E-state index < -0.39 is 6.10 Å². The van der Waals surface area contributed by atoms with Crippen LogP contribution >= 0.6 is 15.9 Å². The summed E-state index contributed by atoms with van der Waals surface area (Å²) >= 11 is 3.34. The second kappa shape index (κ2) is 5.72. The Kier molecular flexibility index (Phi) is 4.22. The molecule has 0 radical (unpaired) electrons. The standard InChI is InChI=1S/C15H14BrFO2/c1-9-7-15(13(10(2)18)8-14(9)17)19-12-5-3-11(16)4-6-12/h3-8,10,18H,1-2H3/t10-/m0/s1. The molecule has 0 saturated carbocycles. The fraction of sp³-hybridized carbons (Fsp3) is 0.200. The Morgan fingerprint density at radius 2 is 1.84 bits per heavy atom. The van der Waals surface area contributed by atoms with Crippen LogP contribution in [0.4, 0.5) is 4.39 Å². The van der Waals surface area contributed by atoms with E-state index in [1.165, 1.54) is 6.07 Å². The van der Waals surface area contributed by atoms with E-state index in [0.717, 1.165) is 4.47 Å². The van der Waals surface area contributed by atoms with Crippen molar-refractivity contribution in [3.05, 3.63) is 57.8 Å². The van der Waals surface area contributed by atoms with Gasteiger partial charge in [0.15, 0.2) is 0 Å². The van der Waals surface area contributed by atoms with Crippen LogP contribution in [-0.2, 0) is 0 Å². The van der Waals surface area contributed by atoms with E-state index in [1.807, 2.05) is 12.1 Å². The third-order valence-electron chi connectivity index (χ3n) is 2.78. The Bertz CT molecular complexity index is 579. The van der Waals surface area contributed by atoms with E-state index in [-0.39, 0.29) is 5.82 Å². The van der Waals surface area contributed by atoms with Crippen LogP contribution < -0.4 is 4.74 Å². The minimum atomic E-state index is -0.791. The van der Waals surface area contributed by atoms with Crippen molar-refractivity contribution in [1.29, 1.82) is 0 Å². The van der Waals surface area contributed by atoms with Crippen molar-refractivity contribution in [2.75, 3.05) is 0 Å². The highest BCUT2D eigenvalue weighted by Gasteiger charge is 2.13. The van der Waals surface area contributed by atoms with Gasteiger partial charge in [-0.1, -0.05) is 15.9 Å². The predicted molar refractivity (Wildman–Crippen MR) is 76.0 cm³/mol. The molecule has 1 atom stereocenters. The molecule has 0 aromatic heterocycles. The highest BCUT2D eigenvalue weighted by atomic mass is 79.9. The first-order valence-corrected chi connectivity index (χ1v) is 6.68. The molecule has 0 unspecified atom stereocenters. The van der Waals surface area contributed by atoms with Gasteiger partial charge in [0.1, 0.15) is 17.3 Å². The maximum atomic E-state index is 13.5. The second-order valence-corrected chi connectivity index (χ2v) is 5.29. The molecular weight excluding hydrogens is 311 g/mol. The van der Waals surface area contributed by atoms with Crippen LogP contribution in [0.15, 0.2) is 40.9 Å². The van der Waals surface area contributed by atoms with E-state index in [4.69, 9.17) is 4.74 Å². The molecule has 0 amide bonds. The van der Waals surface area contributed by atoms with Gasteiger partial charge in [-0.05, 0) is 55.8 Å². The summed E-state index contributed by atoms with van der Waals surface area (Å²) in [6, 6.07) is 10.2. The first-order chi connectivity index (χ1) is 8.97. The molecule has 2 rings (SSSR count). The van der Waals surface area contributed by atoms with Crippen LogP contribution in [-0.4, -0.2) is 5.11 Å². The molecular formula is C15H14BrFO2. The van der Waals surface area contributed by atoms with Crippen LogP contribution in [0.25, 0.3) is 0 Å². The van der Waals surface area contributed by atoms with Gasteiger partial charge in [-0.2, -0.15) is 0 Å². The van der Waals surface area contributed by atoms with Crippen LogP contribution in [0.1, 0.15) is 24.2 Å². The molecule has 100 valence electrons. The van der Waals surface area contributed by atoms with E-state index >= 15 is 0 Å². The topological polar surface area (TPSA) is 29.5 Å². The molecule has 0 aliphatic heterocycles. The van der Waals surface area contributed by atoms with Gasteiger partial charge in [0, 0.05) is 10.0 Å². The van der Waals surface area contributed by atoms with Crippen LogP contribution in [0.5, 0.6) is 11.5 Å². The highest BCUT2D eigenvalue weighted by Crippen LogP contribution is 2.32. The van der Waals surface area contributed by atoms with Gasteiger partial charge in [-0.25, -0.2) is 4.39 Å². The smallest absolute Gasteiger partial charge is 0.133 e. The zero-order chi connectivity index (χ0) is 14.0. The number of aliphatic hydroxyl groups excluding tert-OH is 1. The summed E-state index contributed by atoms with van der Waals surface area (Å²) in [6.45, 7) is 3.24. The normalized spacial score (nSPS) is 12.3. The zero-order valence-corrected chi connectivity index (χ0v) is 12.2. The van der Waals surface area contributed by atoms with Gasteiger partial charge < -0.3 is 9.84 Å². The average Bonchev–Trinajstić information content (AvgIpc) is 2.36. The summed E-state index contributed by atoms with van der Waals surface area (Å²) in [6.07, 6.45) is -0.791. The molecule has 0 saturated heterocycles. The molecule has 4 heteroatoms. The second-order valence-electron chi connectivity index (χ2n) is 4.37. The number of hydrogen-bond donors (Lipinski definition) is 1. The van der Waals surface area contributed by atoms with Crippen LogP contribution in [0.3, 0.4) is 0 Å². The minimum Gasteiger partial charge on any atom is -0.457 e. The molecule has 0 bridgehead atoms. The fourth-order valence-electron chi connectivity index (χ4n) is 1.71. The maximum absolute atomic E-state index is 13.5. The number of aryl methyl sites for hydroxylation is 1. The van der Waals surface area contributed by atoms with E-state index in [0.29, 0.717) is 22.6 Å². The number of benzene rings is 2. The van der Waals surface area contributed by atoms with Crippen molar-refractivity contribution in [2.24, 2.45) is 0 Å². The maximum Gasteiger partial charge on any atom is 0.133 e. The Labute approximate surface area is 120 Å². The lowest BCUT2D eigenvalue weighted by molar-refractivity contribution is 0.195. The number of rotatable bonds is 3. The lowest BCUT2D eigenvalue weighted by Crippen LogP contribution is -1.99. The number of hydrogen-bond acceptors (Lipinski definition) is 2. The molecule has 0 aliphatic carbocycles. The van der Waals surface area contributed by atoms with Crippen molar-refractivity contribution in [3.8, 4) is 11.5 Å². The van der Waals surface area contributed by atoms with Crippen molar-refractivity contribution in [1.82, 2.24) is 0 Å². The van der Waals surface area contributed by atoms with Crippen molar-refractivity contribution in [2.45, 2.75) is 20.0 Å². The Balaban J connectivity index is 2.38. The average molecular weight is 325 g/mol. The predicted octanol–water partition coefficient (Wildman–Crippen LogP) is 4.74. The summed E-state index contributed by atoms with van der Waals surface area (Å²) in [5.74, 6) is 0.756. The van der Waals surface area contributed by atoms with Crippen molar-refractivity contribution in [3.63, 3.8) is 0 Å². The molecule has 2 nitrogen and oxygen atoms in total. The molecule has 0 spiro atoms. The number of aliphatic hydroxyl groups is 1. The molecule has 2 aromatic carbocycles.